The zero-order valence-corrected chi connectivity index (χ0v) is 10.5. The molecule has 0 aliphatic rings. The van der Waals surface area contributed by atoms with Crippen LogP contribution >= 0.6 is 0 Å². The number of hydrogen-bond acceptors (Lipinski definition) is 1. The third-order valence-corrected chi connectivity index (χ3v) is 2.87. The van der Waals surface area contributed by atoms with E-state index >= 15 is 0 Å². The van der Waals surface area contributed by atoms with Gasteiger partial charge in [0.2, 0.25) is 0 Å². The molecular formula is C15H25N. The van der Waals surface area contributed by atoms with Crippen molar-refractivity contribution in [3.05, 3.63) is 35.9 Å². The van der Waals surface area contributed by atoms with E-state index < -0.39 is 0 Å². The molecule has 0 aliphatic carbocycles. The fourth-order valence-electron chi connectivity index (χ4n) is 1.85. The Balaban J connectivity index is 1.89. The molecule has 0 bridgehead atoms. The van der Waals surface area contributed by atoms with Crippen LogP contribution in [-0.2, 0) is 6.42 Å². The number of unbranched alkanes of at least 4 members (excludes halogenated alkanes) is 3. The van der Waals surface area contributed by atoms with E-state index in [1.165, 1.54) is 57.2 Å². The molecule has 0 heterocycles. The summed E-state index contributed by atoms with van der Waals surface area (Å²) in [5, 5.41) is 3.51. The molecule has 0 atom stereocenters. The molecule has 1 N–H and O–H groups in total. The van der Waals surface area contributed by atoms with Gasteiger partial charge < -0.3 is 5.32 Å². The lowest BCUT2D eigenvalue weighted by atomic mass is 10.1. The first-order valence-corrected chi connectivity index (χ1v) is 6.68. The predicted octanol–water partition coefficient (Wildman–Crippen LogP) is 3.79. The Morgan fingerprint density at radius 1 is 0.875 bits per heavy atom. The van der Waals surface area contributed by atoms with Crippen molar-refractivity contribution in [2.75, 3.05) is 13.1 Å². The highest BCUT2D eigenvalue weighted by atomic mass is 14.8. The predicted molar refractivity (Wildman–Crippen MR) is 71.8 cm³/mol. The van der Waals surface area contributed by atoms with E-state index in [0.29, 0.717) is 0 Å². The third-order valence-electron chi connectivity index (χ3n) is 2.87. The molecule has 0 aromatic heterocycles. The average Bonchev–Trinajstić information content (AvgIpc) is 2.34. The second kappa shape index (κ2) is 9.41. The van der Waals surface area contributed by atoms with Crippen LogP contribution in [0.5, 0.6) is 0 Å². The molecule has 1 rings (SSSR count). The molecular weight excluding hydrogens is 194 g/mol. The van der Waals surface area contributed by atoms with Crippen molar-refractivity contribution in [3.63, 3.8) is 0 Å². The number of nitrogens with one attached hydrogen (secondary N) is 1. The van der Waals surface area contributed by atoms with Crippen LogP contribution in [0.25, 0.3) is 0 Å². The molecule has 1 aromatic carbocycles. The van der Waals surface area contributed by atoms with Gasteiger partial charge in [0.25, 0.3) is 0 Å². The van der Waals surface area contributed by atoms with Gasteiger partial charge in [-0.05, 0) is 44.3 Å². The molecule has 0 radical (unpaired) electrons. The summed E-state index contributed by atoms with van der Waals surface area (Å²) >= 11 is 0. The summed E-state index contributed by atoms with van der Waals surface area (Å²) in [6.07, 6.45) is 7.81. The van der Waals surface area contributed by atoms with Crippen LogP contribution in [0.3, 0.4) is 0 Å². The third kappa shape index (κ3) is 6.62. The van der Waals surface area contributed by atoms with Gasteiger partial charge in [-0.15, -0.1) is 0 Å². The maximum absolute atomic E-state index is 3.51. The smallest absolute Gasteiger partial charge is 0.00488 e. The standard InChI is InChI=1S/C15H25N/c1-2-3-8-13-16-14-9-7-12-15-10-5-4-6-11-15/h4-6,10-11,16H,2-3,7-9,12-14H2,1H3. The van der Waals surface area contributed by atoms with E-state index in [-0.39, 0.29) is 0 Å². The first-order chi connectivity index (χ1) is 7.93. The minimum atomic E-state index is 1.18. The zero-order valence-electron chi connectivity index (χ0n) is 10.5. The summed E-state index contributed by atoms with van der Waals surface area (Å²) in [6.45, 7) is 4.62. The van der Waals surface area contributed by atoms with Crippen molar-refractivity contribution in [2.24, 2.45) is 0 Å². The fourth-order valence-corrected chi connectivity index (χ4v) is 1.85. The van der Waals surface area contributed by atoms with Gasteiger partial charge in [0.05, 0.1) is 0 Å². The fraction of sp³-hybridized carbons (Fsp3) is 0.600. The van der Waals surface area contributed by atoms with Crippen molar-refractivity contribution >= 4 is 0 Å². The summed E-state index contributed by atoms with van der Waals surface area (Å²) in [5.41, 5.74) is 1.47. The normalized spacial score (nSPS) is 10.6. The van der Waals surface area contributed by atoms with Gasteiger partial charge in [0.15, 0.2) is 0 Å². The highest BCUT2D eigenvalue weighted by Crippen LogP contribution is 2.03. The van der Waals surface area contributed by atoms with E-state index in [2.05, 4.69) is 42.6 Å². The van der Waals surface area contributed by atoms with Crippen molar-refractivity contribution in [1.29, 1.82) is 0 Å². The first kappa shape index (κ1) is 13.2. The number of rotatable bonds is 9. The van der Waals surface area contributed by atoms with Crippen molar-refractivity contribution in [1.82, 2.24) is 5.32 Å². The molecule has 1 heteroatoms. The molecule has 0 saturated carbocycles. The van der Waals surface area contributed by atoms with E-state index in [1.54, 1.807) is 0 Å². The van der Waals surface area contributed by atoms with Gasteiger partial charge in [-0.2, -0.15) is 0 Å². The summed E-state index contributed by atoms with van der Waals surface area (Å²) in [6, 6.07) is 10.8. The second-order valence-corrected chi connectivity index (χ2v) is 4.40. The van der Waals surface area contributed by atoms with Crippen LogP contribution < -0.4 is 5.32 Å². The van der Waals surface area contributed by atoms with Gasteiger partial charge >= 0.3 is 0 Å². The Morgan fingerprint density at radius 3 is 2.25 bits per heavy atom. The van der Waals surface area contributed by atoms with Crippen LogP contribution in [0.2, 0.25) is 0 Å². The van der Waals surface area contributed by atoms with Crippen LogP contribution in [0.1, 0.15) is 44.6 Å². The Bertz CT molecular complexity index is 243. The van der Waals surface area contributed by atoms with Crippen molar-refractivity contribution in [3.8, 4) is 0 Å². The summed E-state index contributed by atoms with van der Waals surface area (Å²) < 4.78 is 0. The molecule has 1 nitrogen and oxygen atoms in total. The first-order valence-electron chi connectivity index (χ1n) is 6.68. The Kier molecular flexibility index (Phi) is 7.79. The monoisotopic (exact) mass is 219 g/mol. The van der Waals surface area contributed by atoms with Crippen LogP contribution in [0.4, 0.5) is 0 Å². The Hall–Kier alpha value is -0.820. The zero-order chi connectivity index (χ0) is 11.5. The van der Waals surface area contributed by atoms with Gasteiger partial charge in [0, 0.05) is 0 Å². The highest BCUT2D eigenvalue weighted by Gasteiger charge is 1.92. The van der Waals surface area contributed by atoms with Crippen LogP contribution in [-0.4, -0.2) is 13.1 Å². The molecule has 0 fully saturated rings. The molecule has 0 amide bonds. The van der Waals surface area contributed by atoms with E-state index in [4.69, 9.17) is 0 Å². The van der Waals surface area contributed by atoms with Crippen LogP contribution in [0, 0.1) is 0 Å². The van der Waals surface area contributed by atoms with E-state index in [9.17, 15) is 0 Å². The molecule has 0 saturated heterocycles. The lowest BCUT2D eigenvalue weighted by molar-refractivity contribution is 0.586. The summed E-state index contributed by atoms with van der Waals surface area (Å²) in [5.74, 6) is 0. The lowest BCUT2D eigenvalue weighted by Gasteiger charge is -2.04. The highest BCUT2D eigenvalue weighted by molar-refractivity contribution is 5.14. The molecule has 16 heavy (non-hydrogen) atoms. The lowest BCUT2D eigenvalue weighted by Crippen LogP contribution is -2.16. The molecule has 1 aromatic rings. The second-order valence-electron chi connectivity index (χ2n) is 4.40. The largest absolute Gasteiger partial charge is 0.317 e. The van der Waals surface area contributed by atoms with Crippen molar-refractivity contribution in [2.45, 2.75) is 45.4 Å². The van der Waals surface area contributed by atoms with Gasteiger partial charge in [-0.25, -0.2) is 0 Å². The van der Waals surface area contributed by atoms with Crippen LogP contribution in [0.15, 0.2) is 30.3 Å². The maximum Gasteiger partial charge on any atom is -0.00488 e. The molecule has 0 spiro atoms. The SMILES string of the molecule is CCCCCNCCCCc1ccccc1. The minimum absolute atomic E-state index is 1.18. The maximum atomic E-state index is 3.51. The minimum Gasteiger partial charge on any atom is -0.317 e. The number of aryl methyl sites for hydroxylation is 1. The summed E-state index contributed by atoms with van der Waals surface area (Å²) in [7, 11) is 0. The Morgan fingerprint density at radius 2 is 1.56 bits per heavy atom. The Labute approximate surface area is 100 Å². The van der Waals surface area contributed by atoms with Gasteiger partial charge in [0.1, 0.15) is 0 Å². The average molecular weight is 219 g/mol. The molecule has 0 aliphatic heterocycles. The topological polar surface area (TPSA) is 12.0 Å². The quantitative estimate of drug-likeness (QED) is 0.623. The van der Waals surface area contributed by atoms with Gasteiger partial charge in [-0.1, -0.05) is 50.1 Å². The van der Waals surface area contributed by atoms with Gasteiger partial charge in [-0.3, -0.25) is 0 Å². The summed E-state index contributed by atoms with van der Waals surface area (Å²) in [4.78, 5) is 0. The van der Waals surface area contributed by atoms with Crippen molar-refractivity contribution < 1.29 is 0 Å². The number of benzene rings is 1. The molecule has 0 unspecified atom stereocenters. The number of hydrogen-bond donors (Lipinski definition) is 1. The molecule has 90 valence electrons. The van der Waals surface area contributed by atoms with E-state index in [0.717, 1.165) is 0 Å². The van der Waals surface area contributed by atoms with E-state index in [1.807, 2.05) is 0 Å².